The topological polar surface area (TPSA) is 26.3 Å². The van der Waals surface area contributed by atoms with Crippen LogP contribution >= 0.6 is 0 Å². The van der Waals surface area contributed by atoms with Crippen molar-refractivity contribution in [1.29, 1.82) is 0 Å². The van der Waals surface area contributed by atoms with Crippen LogP contribution < -0.4 is 4.74 Å². The fourth-order valence-corrected chi connectivity index (χ4v) is 2.10. The Bertz CT molecular complexity index is 780. The van der Waals surface area contributed by atoms with E-state index in [1.54, 1.807) is 36.4 Å². The van der Waals surface area contributed by atoms with Crippen LogP contribution in [0.15, 0.2) is 78.9 Å². The van der Waals surface area contributed by atoms with Crippen molar-refractivity contribution in [1.82, 2.24) is 0 Å². The van der Waals surface area contributed by atoms with Crippen LogP contribution in [0.25, 0.3) is 0 Å². The lowest BCUT2D eigenvalue weighted by Crippen LogP contribution is -2.03. The predicted octanol–water partition coefficient (Wildman–Crippen LogP) is 4.85. The monoisotopic (exact) mass is 292 g/mol. The molecule has 0 aromatic heterocycles. The molecule has 0 atom stereocenters. The van der Waals surface area contributed by atoms with Gasteiger partial charge in [0.15, 0.2) is 5.78 Å². The summed E-state index contributed by atoms with van der Waals surface area (Å²) in [5.74, 6) is 0.480. The van der Waals surface area contributed by atoms with Gasteiger partial charge in [-0.05, 0) is 48.5 Å². The molecule has 3 aromatic rings. The SMILES string of the molecule is O=C(c1ccc(Oc2ccccc2)cc1)c1ccccc1F. The fraction of sp³-hybridized carbons (Fsp3) is 0. The van der Waals surface area contributed by atoms with Gasteiger partial charge >= 0.3 is 0 Å². The Balaban J connectivity index is 1.80. The molecule has 0 fully saturated rings. The molecule has 3 rings (SSSR count). The Morgan fingerprint density at radius 3 is 2.00 bits per heavy atom. The molecule has 0 heterocycles. The normalized spacial score (nSPS) is 10.2. The third-order valence-electron chi connectivity index (χ3n) is 3.21. The maximum absolute atomic E-state index is 13.6. The zero-order valence-electron chi connectivity index (χ0n) is 11.7. The number of carbonyl (C=O) groups is 1. The van der Waals surface area contributed by atoms with Crippen LogP contribution in [-0.4, -0.2) is 5.78 Å². The lowest BCUT2D eigenvalue weighted by atomic mass is 10.0. The number of halogens is 1. The van der Waals surface area contributed by atoms with Crippen molar-refractivity contribution in [2.75, 3.05) is 0 Å². The molecule has 0 aliphatic rings. The van der Waals surface area contributed by atoms with Crippen LogP contribution in [-0.2, 0) is 0 Å². The van der Waals surface area contributed by atoms with E-state index in [1.165, 1.54) is 12.1 Å². The molecule has 0 aliphatic carbocycles. The third kappa shape index (κ3) is 3.04. The van der Waals surface area contributed by atoms with Gasteiger partial charge in [0.25, 0.3) is 0 Å². The average Bonchev–Trinajstić information content (AvgIpc) is 2.56. The zero-order valence-corrected chi connectivity index (χ0v) is 11.7. The molecular weight excluding hydrogens is 279 g/mol. The smallest absolute Gasteiger partial charge is 0.195 e. The maximum atomic E-state index is 13.6. The molecule has 0 spiro atoms. The summed E-state index contributed by atoms with van der Waals surface area (Å²) in [4.78, 5) is 12.3. The maximum Gasteiger partial charge on any atom is 0.195 e. The van der Waals surface area contributed by atoms with E-state index in [0.717, 1.165) is 5.75 Å². The van der Waals surface area contributed by atoms with E-state index in [-0.39, 0.29) is 11.3 Å². The largest absolute Gasteiger partial charge is 0.457 e. The Labute approximate surface area is 127 Å². The van der Waals surface area contributed by atoms with E-state index in [1.807, 2.05) is 30.3 Å². The van der Waals surface area contributed by atoms with Gasteiger partial charge in [-0.1, -0.05) is 30.3 Å². The summed E-state index contributed by atoms with van der Waals surface area (Å²) in [6.45, 7) is 0. The molecule has 0 amide bonds. The second-order valence-corrected chi connectivity index (χ2v) is 4.75. The van der Waals surface area contributed by atoms with Gasteiger partial charge in [-0.3, -0.25) is 4.79 Å². The Hall–Kier alpha value is -2.94. The molecule has 0 N–H and O–H groups in total. The van der Waals surface area contributed by atoms with Gasteiger partial charge in [-0.25, -0.2) is 4.39 Å². The minimum atomic E-state index is -0.517. The van der Waals surface area contributed by atoms with Gasteiger partial charge in [0.1, 0.15) is 17.3 Å². The van der Waals surface area contributed by atoms with Crippen molar-refractivity contribution in [3.05, 3.63) is 95.8 Å². The highest BCUT2D eigenvalue weighted by atomic mass is 19.1. The Kier molecular flexibility index (Phi) is 3.97. The molecule has 108 valence electrons. The third-order valence-corrected chi connectivity index (χ3v) is 3.21. The van der Waals surface area contributed by atoms with Gasteiger partial charge < -0.3 is 4.74 Å². The molecule has 0 saturated heterocycles. The van der Waals surface area contributed by atoms with E-state index < -0.39 is 5.82 Å². The second-order valence-electron chi connectivity index (χ2n) is 4.75. The minimum Gasteiger partial charge on any atom is -0.457 e. The highest BCUT2D eigenvalue weighted by Gasteiger charge is 2.13. The first-order chi connectivity index (χ1) is 10.7. The summed E-state index contributed by atoms with van der Waals surface area (Å²) in [6, 6.07) is 22.0. The number of hydrogen-bond donors (Lipinski definition) is 0. The van der Waals surface area contributed by atoms with E-state index in [2.05, 4.69) is 0 Å². The molecular formula is C19H13FO2. The van der Waals surface area contributed by atoms with E-state index >= 15 is 0 Å². The van der Waals surface area contributed by atoms with Gasteiger partial charge in [-0.15, -0.1) is 0 Å². The first kappa shape index (κ1) is 14.0. The lowest BCUT2D eigenvalue weighted by Gasteiger charge is -2.07. The molecule has 2 nitrogen and oxygen atoms in total. The Morgan fingerprint density at radius 2 is 1.32 bits per heavy atom. The van der Waals surface area contributed by atoms with Crippen molar-refractivity contribution in [3.8, 4) is 11.5 Å². The summed E-state index contributed by atoms with van der Waals surface area (Å²) >= 11 is 0. The molecule has 0 aliphatic heterocycles. The summed E-state index contributed by atoms with van der Waals surface area (Å²) < 4.78 is 19.3. The molecule has 0 radical (unpaired) electrons. The highest BCUT2D eigenvalue weighted by Crippen LogP contribution is 2.22. The van der Waals surface area contributed by atoms with E-state index in [9.17, 15) is 9.18 Å². The molecule has 3 aromatic carbocycles. The van der Waals surface area contributed by atoms with Gasteiger partial charge in [0.2, 0.25) is 0 Å². The van der Waals surface area contributed by atoms with Crippen LogP contribution in [0, 0.1) is 5.82 Å². The van der Waals surface area contributed by atoms with Crippen molar-refractivity contribution in [3.63, 3.8) is 0 Å². The van der Waals surface area contributed by atoms with Crippen molar-refractivity contribution in [2.24, 2.45) is 0 Å². The summed E-state index contributed by atoms with van der Waals surface area (Å²) in [5, 5.41) is 0. The standard InChI is InChI=1S/C19H13FO2/c20-18-9-5-4-8-17(18)19(21)14-10-12-16(13-11-14)22-15-6-2-1-3-7-15/h1-13H. The highest BCUT2D eigenvalue weighted by molar-refractivity contribution is 6.09. The number of benzene rings is 3. The molecule has 0 unspecified atom stereocenters. The van der Waals surface area contributed by atoms with Gasteiger partial charge in [0, 0.05) is 5.56 Å². The number of hydrogen-bond acceptors (Lipinski definition) is 2. The summed E-state index contributed by atoms with van der Waals surface area (Å²) in [6.07, 6.45) is 0. The molecule has 22 heavy (non-hydrogen) atoms. The predicted molar refractivity (Wildman–Crippen MR) is 82.8 cm³/mol. The van der Waals surface area contributed by atoms with Crippen LogP contribution in [0.5, 0.6) is 11.5 Å². The average molecular weight is 292 g/mol. The summed E-state index contributed by atoms with van der Waals surface area (Å²) in [7, 11) is 0. The summed E-state index contributed by atoms with van der Waals surface area (Å²) in [5.41, 5.74) is 0.490. The van der Waals surface area contributed by atoms with Crippen LogP contribution in [0.4, 0.5) is 4.39 Å². The second kappa shape index (κ2) is 6.22. The van der Waals surface area contributed by atoms with Crippen LogP contribution in [0.3, 0.4) is 0 Å². The van der Waals surface area contributed by atoms with Crippen molar-refractivity contribution >= 4 is 5.78 Å². The number of ether oxygens (including phenoxy) is 1. The number of ketones is 1. The quantitative estimate of drug-likeness (QED) is 0.643. The van der Waals surface area contributed by atoms with Crippen molar-refractivity contribution in [2.45, 2.75) is 0 Å². The first-order valence-electron chi connectivity index (χ1n) is 6.86. The molecule has 3 heteroatoms. The zero-order chi connectivity index (χ0) is 15.4. The number of rotatable bonds is 4. The van der Waals surface area contributed by atoms with Crippen LogP contribution in [0.2, 0.25) is 0 Å². The molecule has 0 saturated carbocycles. The fourth-order valence-electron chi connectivity index (χ4n) is 2.10. The van der Waals surface area contributed by atoms with E-state index in [0.29, 0.717) is 11.3 Å². The number of carbonyl (C=O) groups excluding carboxylic acids is 1. The van der Waals surface area contributed by atoms with Gasteiger partial charge in [0.05, 0.1) is 5.56 Å². The van der Waals surface area contributed by atoms with Crippen LogP contribution in [0.1, 0.15) is 15.9 Å². The first-order valence-corrected chi connectivity index (χ1v) is 6.86. The number of para-hydroxylation sites is 1. The Morgan fingerprint density at radius 1 is 0.727 bits per heavy atom. The van der Waals surface area contributed by atoms with Gasteiger partial charge in [-0.2, -0.15) is 0 Å². The van der Waals surface area contributed by atoms with E-state index in [4.69, 9.17) is 4.74 Å². The minimum absolute atomic E-state index is 0.0687. The molecule has 0 bridgehead atoms. The van der Waals surface area contributed by atoms with Crippen molar-refractivity contribution < 1.29 is 13.9 Å². The lowest BCUT2D eigenvalue weighted by molar-refractivity contribution is 0.103.